The molecule has 4 nitrogen and oxygen atoms in total. The first-order valence-electron chi connectivity index (χ1n) is 11.1. The summed E-state index contributed by atoms with van der Waals surface area (Å²) in [6.07, 6.45) is 8.76. The van der Waals surface area contributed by atoms with Crippen LogP contribution < -0.4 is 4.74 Å². The number of methoxy groups -OCH3 is 1. The largest absolute Gasteiger partial charge is 0.495 e. The first-order chi connectivity index (χ1) is 15.2. The molecule has 4 aromatic rings. The number of piperidine rings is 1. The van der Waals surface area contributed by atoms with E-state index in [4.69, 9.17) is 4.74 Å². The Kier molecular flexibility index (Phi) is 5.47. The highest BCUT2D eigenvalue weighted by atomic mass is 16.5. The Morgan fingerprint density at radius 3 is 2.65 bits per heavy atom. The Balaban J connectivity index is 1.60. The van der Waals surface area contributed by atoms with E-state index in [0.29, 0.717) is 5.92 Å². The molecule has 1 fully saturated rings. The lowest BCUT2D eigenvalue weighted by atomic mass is 9.98. The van der Waals surface area contributed by atoms with E-state index in [-0.39, 0.29) is 0 Å². The van der Waals surface area contributed by atoms with Crippen LogP contribution in [0.4, 0.5) is 0 Å². The predicted octanol–water partition coefficient (Wildman–Crippen LogP) is 5.72. The topological polar surface area (TPSA) is 30.3 Å². The van der Waals surface area contributed by atoms with E-state index >= 15 is 0 Å². The molecule has 1 aliphatic rings. The van der Waals surface area contributed by atoms with Gasteiger partial charge in [-0.3, -0.25) is 4.98 Å². The molecular formula is C27H29N3O. The molecule has 0 bridgehead atoms. The third kappa shape index (κ3) is 3.96. The molecule has 0 N–H and O–H groups in total. The number of para-hydroxylation sites is 1. The zero-order chi connectivity index (χ0) is 21.2. The van der Waals surface area contributed by atoms with Crippen LogP contribution >= 0.6 is 0 Å². The van der Waals surface area contributed by atoms with Gasteiger partial charge in [0.25, 0.3) is 0 Å². The van der Waals surface area contributed by atoms with Crippen molar-refractivity contribution in [3.8, 4) is 28.0 Å². The van der Waals surface area contributed by atoms with Crippen LogP contribution in [0.5, 0.6) is 5.75 Å². The molecule has 5 rings (SSSR count). The summed E-state index contributed by atoms with van der Waals surface area (Å²) in [7, 11) is 3.99. The Hall–Kier alpha value is -3.11. The molecule has 1 saturated heterocycles. The number of likely N-dealkylation sites (tertiary alicyclic amines) is 1. The lowest BCUT2D eigenvalue weighted by Crippen LogP contribution is -2.33. The van der Waals surface area contributed by atoms with Crippen molar-refractivity contribution in [2.45, 2.75) is 19.4 Å². The molecule has 1 unspecified atom stereocenters. The fraction of sp³-hybridized carbons (Fsp3) is 0.296. The highest BCUT2D eigenvalue weighted by Crippen LogP contribution is 2.37. The van der Waals surface area contributed by atoms with Gasteiger partial charge in [-0.2, -0.15) is 0 Å². The van der Waals surface area contributed by atoms with Crippen LogP contribution in [0, 0.1) is 5.92 Å². The molecule has 158 valence electrons. The molecule has 0 radical (unpaired) electrons. The molecule has 2 aromatic heterocycles. The normalized spacial score (nSPS) is 17.2. The lowest BCUT2D eigenvalue weighted by molar-refractivity contribution is 0.195. The summed E-state index contributed by atoms with van der Waals surface area (Å²) in [5, 5.41) is 1.22. The molecule has 1 aliphatic heterocycles. The van der Waals surface area contributed by atoms with Crippen molar-refractivity contribution in [1.29, 1.82) is 0 Å². The minimum Gasteiger partial charge on any atom is -0.495 e. The monoisotopic (exact) mass is 411 g/mol. The van der Waals surface area contributed by atoms with Crippen molar-refractivity contribution >= 4 is 10.9 Å². The molecular weight excluding hydrogens is 382 g/mol. The molecule has 2 aromatic carbocycles. The van der Waals surface area contributed by atoms with Gasteiger partial charge in [-0.25, -0.2) is 0 Å². The molecule has 0 aliphatic carbocycles. The fourth-order valence-corrected chi connectivity index (χ4v) is 4.94. The average molecular weight is 412 g/mol. The summed E-state index contributed by atoms with van der Waals surface area (Å²) in [5.74, 6) is 1.58. The van der Waals surface area contributed by atoms with Crippen molar-refractivity contribution in [1.82, 2.24) is 14.5 Å². The molecule has 3 heterocycles. The van der Waals surface area contributed by atoms with E-state index in [1.165, 1.54) is 41.4 Å². The van der Waals surface area contributed by atoms with Crippen LogP contribution in [0.25, 0.3) is 33.2 Å². The molecule has 1 atom stereocenters. The van der Waals surface area contributed by atoms with Crippen LogP contribution in [-0.2, 0) is 6.54 Å². The van der Waals surface area contributed by atoms with E-state index in [2.05, 4.69) is 76.2 Å². The maximum Gasteiger partial charge on any atom is 0.143 e. The Labute approximate surface area is 184 Å². The van der Waals surface area contributed by atoms with Gasteiger partial charge >= 0.3 is 0 Å². The second-order valence-electron chi connectivity index (χ2n) is 8.65. The fourth-order valence-electron chi connectivity index (χ4n) is 4.94. The smallest absolute Gasteiger partial charge is 0.143 e. The molecule has 0 amide bonds. The second-order valence-corrected chi connectivity index (χ2v) is 8.65. The number of rotatable bonds is 5. The number of hydrogen-bond donors (Lipinski definition) is 0. The van der Waals surface area contributed by atoms with Crippen molar-refractivity contribution in [2.75, 3.05) is 27.2 Å². The zero-order valence-corrected chi connectivity index (χ0v) is 18.3. The summed E-state index contributed by atoms with van der Waals surface area (Å²) in [5.41, 5.74) is 5.85. The third-order valence-electron chi connectivity index (χ3n) is 6.41. The summed E-state index contributed by atoms with van der Waals surface area (Å²) in [4.78, 5) is 7.02. The highest BCUT2D eigenvalue weighted by molar-refractivity contribution is 5.99. The van der Waals surface area contributed by atoms with Gasteiger partial charge in [-0.05, 0) is 50.0 Å². The average Bonchev–Trinajstić information content (AvgIpc) is 3.18. The lowest BCUT2D eigenvalue weighted by Gasteiger charge is -2.30. The van der Waals surface area contributed by atoms with Crippen molar-refractivity contribution < 1.29 is 4.74 Å². The predicted molar refractivity (Wildman–Crippen MR) is 127 cm³/mol. The maximum atomic E-state index is 5.77. The minimum absolute atomic E-state index is 0.654. The zero-order valence-electron chi connectivity index (χ0n) is 18.3. The summed E-state index contributed by atoms with van der Waals surface area (Å²) in [6, 6.07) is 19.0. The summed E-state index contributed by atoms with van der Waals surface area (Å²) >= 11 is 0. The van der Waals surface area contributed by atoms with E-state index in [9.17, 15) is 0 Å². The maximum absolute atomic E-state index is 5.77. The van der Waals surface area contributed by atoms with Crippen molar-refractivity contribution in [3.05, 3.63) is 73.2 Å². The Morgan fingerprint density at radius 2 is 1.84 bits per heavy atom. The molecule has 4 heteroatoms. The highest BCUT2D eigenvalue weighted by Gasteiger charge is 2.21. The van der Waals surface area contributed by atoms with Crippen molar-refractivity contribution in [3.63, 3.8) is 0 Å². The van der Waals surface area contributed by atoms with Gasteiger partial charge < -0.3 is 14.2 Å². The van der Waals surface area contributed by atoms with Gasteiger partial charge in [0.15, 0.2) is 0 Å². The van der Waals surface area contributed by atoms with Gasteiger partial charge in [0.1, 0.15) is 5.75 Å². The Bertz CT molecular complexity index is 1180. The summed E-state index contributed by atoms with van der Waals surface area (Å²) < 4.78 is 8.18. The summed E-state index contributed by atoms with van der Waals surface area (Å²) in [6.45, 7) is 3.36. The first kappa shape index (κ1) is 19.8. The first-order valence-corrected chi connectivity index (χ1v) is 11.1. The number of fused-ring (bicyclic) bond motifs is 1. The standard InChI is InChI=1S/C27H29N3O/c1-29-13-7-8-20(17-29)18-30-19-25(24-11-6-12-26(31-2)27(24)30)23-14-22(15-28-16-23)21-9-4-3-5-10-21/h3-6,9-12,14-16,19-20H,7-8,13,17-18H2,1-2H3. The molecule has 0 spiro atoms. The SMILES string of the molecule is COc1cccc2c(-c3cncc(-c4ccccc4)c3)cn(CC3CCCN(C)C3)c12. The quantitative estimate of drug-likeness (QED) is 0.421. The van der Waals surface area contributed by atoms with Gasteiger partial charge in [0.2, 0.25) is 0 Å². The number of nitrogens with zero attached hydrogens (tertiary/aromatic N) is 3. The van der Waals surface area contributed by atoms with Crippen LogP contribution in [0.1, 0.15) is 12.8 Å². The van der Waals surface area contributed by atoms with Gasteiger partial charge in [-0.1, -0.05) is 42.5 Å². The second kappa shape index (κ2) is 8.56. The van der Waals surface area contributed by atoms with E-state index in [0.717, 1.165) is 30.0 Å². The van der Waals surface area contributed by atoms with E-state index in [1.807, 2.05) is 18.5 Å². The van der Waals surface area contributed by atoms with Crippen molar-refractivity contribution in [2.24, 2.45) is 5.92 Å². The number of pyridine rings is 1. The van der Waals surface area contributed by atoms with Crippen LogP contribution in [0.3, 0.4) is 0 Å². The molecule has 0 saturated carbocycles. The van der Waals surface area contributed by atoms with Crippen LogP contribution in [0.15, 0.2) is 73.2 Å². The van der Waals surface area contributed by atoms with Crippen LogP contribution in [-0.4, -0.2) is 41.7 Å². The van der Waals surface area contributed by atoms with E-state index in [1.54, 1.807) is 7.11 Å². The van der Waals surface area contributed by atoms with E-state index < -0.39 is 0 Å². The van der Waals surface area contributed by atoms with Crippen LogP contribution in [0.2, 0.25) is 0 Å². The van der Waals surface area contributed by atoms with Gasteiger partial charge in [0, 0.05) is 53.8 Å². The Morgan fingerprint density at radius 1 is 1.00 bits per heavy atom. The van der Waals surface area contributed by atoms with Gasteiger partial charge in [0.05, 0.1) is 12.6 Å². The van der Waals surface area contributed by atoms with Gasteiger partial charge in [-0.15, -0.1) is 0 Å². The molecule has 31 heavy (non-hydrogen) atoms. The third-order valence-corrected chi connectivity index (χ3v) is 6.41. The number of ether oxygens (including phenoxy) is 1. The minimum atomic E-state index is 0.654. The number of aromatic nitrogens is 2. The number of hydrogen-bond acceptors (Lipinski definition) is 3. The number of benzene rings is 2.